The number of morpholine rings is 1. The molecule has 0 saturated carbocycles. The molecule has 0 radical (unpaired) electrons. The maximum atomic E-state index is 13.1. The van der Waals surface area contributed by atoms with Crippen LogP contribution in [0.15, 0.2) is 30.5 Å². The van der Waals surface area contributed by atoms with Gasteiger partial charge in [0.25, 0.3) is 5.91 Å². The van der Waals surface area contributed by atoms with Gasteiger partial charge in [-0.2, -0.15) is 0 Å². The summed E-state index contributed by atoms with van der Waals surface area (Å²) in [7, 11) is 0. The maximum Gasteiger partial charge on any atom is 0.264 e. The molecule has 0 aliphatic carbocycles. The van der Waals surface area contributed by atoms with E-state index in [1.807, 2.05) is 29.2 Å². The molecule has 0 bridgehead atoms. The highest BCUT2D eigenvalue weighted by Gasteiger charge is 2.29. The first-order valence-electron chi connectivity index (χ1n) is 9.60. The molecule has 2 fully saturated rings. The second-order valence-electron chi connectivity index (χ2n) is 7.11. The van der Waals surface area contributed by atoms with Gasteiger partial charge in [-0.15, -0.1) is 11.3 Å². The normalized spacial score (nSPS) is 18.3. The van der Waals surface area contributed by atoms with Crippen LogP contribution in [-0.2, 0) is 9.53 Å². The van der Waals surface area contributed by atoms with E-state index < -0.39 is 0 Å². The molecule has 4 heterocycles. The highest BCUT2D eigenvalue weighted by Crippen LogP contribution is 2.39. The monoisotopic (exact) mass is 400 g/mol. The number of nitrogens with zero attached hydrogens (tertiary/aromatic N) is 3. The molecule has 7 nitrogen and oxygen atoms in total. The lowest BCUT2D eigenvalue weighted by Crippen LogP contribution is -2.41. The van der Waals surface area contributed by atoms with Crippen molar-refractivity contribution < 1.29 is 14.3 Å². The second kappa shape index (κ2) is 8.28. The molecule has 0 unspecified atom stereocenters. The average Bonchev–Trinajstić information content (AvgIpc) is 3.20. The smallest absolute Gasteiger partial charge is 0.264 e. The number of nitrogens with two attached hydrogens (primary N) is 1. The molecule has 2 saturated heterocycles. The molecule has 2 amide bonds. The number of hydrogen-bond acceptors (Lipinski definition) is 6. The highest BCUT2D eigenvalue weighted by atomic mass is 32.1. The number of carbonyl (C=O) groups excluding carboxylic acids is 2. The first-order chi connectivity index (χ1) is 13.6. The second-order valence-corrected chi connectivity index (χ2v) is 8.14. The third-order valence-corrected chi connectivity index (χ3v) is 6.53. The summed E-state index contributed by atoms with van der Waals surface area (Å²) in [5.41, 5.74) is 7.26. The van der Waals surface area contributed by atoms with Crippen LogP contribution >= 0.6 is 11.3 Å². The molecular formula is C20H24N4O3S. The summed E-state index contributed by atoms with van der Waals surface area (Å²) in [6.07, 6.45) is 3.04. The highest BCUT2D eigenvalue weighted by molar-refractivity contribution is 7.18. The van der Waals surface area contributed by atoms with Gasteiger partial charge in [-0.3, -0.25) is 14.6 Å². The number of primary amides is 1. The maximum absolute atomic E-state index is 13.1. The molecule has 4 rings (SSSR count). The largest absolute Gasteiger partial charge is 0.378 e. The van der Waals surface area contributed by atoms with Gasteiger partial charge in [0.1, 0.15) is 5.00 Å². The molecule has 2 aromatic rings. The lowest BCUT2D eigenvalue weighted by molar-refractivity contribution is -0.123. The Morgan fingerprint density at radius 2 is 1.89 bits per heavy atom. The van der Waals surface area contributed by atoms with Crippen LogP contribution in [0.5, 0.6) is 0 Å². The van der Waals surface area contributed by atoms with E-state index in [1.54, 1.807) is 6.20 Å². The number of pyridine rings is 1. The first-order valence-corrected chi connectivity index (χ1v) is 10.4. The number of thiophene rings is 1. The Balaban J connectivity index is 1.60. The Morgan fingerprint density at radius 1 is 1.14 bits per heavy atom. The Morgan fingerprint density at radius 3 is 2.54 bits per heavy atom. The van der Waals surface area contributed by atoms with Crippen LogP contribution < -0.4 is 10.6 Å². The van der Waals surface area contributed by atoms with Gasteiger partial charge in [-0.25, -0.2) is 0 Å². The van der Waals surface area contributed by atoms with E-state index >= 15 is 0 Å². The SMILES string of the molecule is NC(=O)C1CCN(C(=O)c2cc(-c3ccccn3)c(N3CCOCC3)s2)CC1. The van der Waals surface area contributed by atoms with Crippen molar-refractivity contribution in [3.63, 3.8) is 0 Å². The first kappa shape index (κ1) is 18.9. The zero-order valence-electron chi connectivity index (χ0n) is 15.7. The van der Waals surface area contributed by atoms with Crippen LogP contribution in [0.25, 0.3) is 11.3 Å². The van der Waals surface area contributed by atoms with Crippen LogP contribution in [0.2, 0.25) is 0 Å². The van der Waals surface area contributed by atoms with Crippen LogP contribution in [-0.4, -0.2) is 61.1 Å². The molecule has 148 valence electrons. The molecule has 2 aromatic heterocycles. The Labute approximate surface area is 168 Å². The predicted molar refractivity (Wildman–Crippen MR) is 108 cm³/mol. The molecule has 0 spiro atoms. The van der Waals surface area contributed by atoms with Crippen molar-refractivity contribution in [1.29, 1.82) is 0 Å². The predicted octanol–water partition coefficient (Wildman–Crippen LogP) is 1.98. The van der Waals surface area contributed by atoms with Gasteiger partial charge in [-0.05, 0) is 31.0 Å². The summed E-state index contributed by atoms with van der Waals surface area (Å²) >= 11 is 1.52. The summed E-state index contributed by atoms with van der Waals surface area (Å²) in [6, 6.07) is 7.78. The number of rotatable bonds is 4. The third kappa shape index (κ3) is 3.88. The molecular weight excluding hydrogens is 376 g/mol. The minimum Gasteiger partial charge on any atom is -0.378 e. The van der Waals surface area contributed by atoms with E-state index in [4.69, 9.17) is 10.5 Å². The van der Waals surface area contributed by atoms with Gasteiger partial charge in [0.15, 0.2) is 0 Å². The lowest BCUT2D eigenvalue weighted by Gasteiger charge is -2.30. The number of piperidine rings is 1. The number of likely N-dealkylation sites (tertiary alicyclic amines) is 1. The van der Waals surface area contributed by atoms with Gasteiger partial charge in [0.2, 0.25) is 5.91 Å². The van der Waals surface area contributed by atoms with Crippen LogP contribution in [0.3, 0.4) is 0 Å². The van der Waals surface area contributed by atoms with E-state index in [1.165, 1.54) is 11.3 Å². The van der Waals surface area contributed by atoms with Crippen LogP contribution in [0.4, 0.5) is 5.00 Å². The minimum absolute atomic E-state index is 0.0182. The van der Waals surface area contributed by atoms with E-state index in [0.717, 1.165) is 29.3 Å². The Kier molecular flexibility index (Phi) is 5.59. The zero-order chi connectivity index (χ0) is 19.5. The summed E-state index contributed by atoms with van der Waals surface area (Å²) in [6.45, 7) is 4.11. The molecule has 2 N–H and O–H groups in total. The summed E-state index contributed by atoms with van der Waals surface area (Å²) in [5, 5.41) is 1.07. The number of aromatic nitrogens is 1. The zero-order valence-corrected chi connectivity index (χ0v) is 16.5. The Bertz CT molecular complexity index is 840. The van der Waals surface area contributed by atoms with Crippen molar-refractivity contribution in [1.82, 2.24) is 9.88 Å². The fourth-order valence-electron chi connectivity index (χ4n) is 3.72. The fraction of sp³-hybridized carbons (Fsp3) is 0.450. The minimum atomic E-state index is -0.268. The summed E-state index contributed by atoms with van der Waals surface area (Å²) in [4.78, 5) is 33.8. The van der Waals surface area contributed by atoms with E-state index in [0.29, 0.717) is 44.0 Å². The van der Waals surface area contributed by atoms with Crippen LogP contribution in [0.1, 0.15) is 22.5 Å². The van der Waals surface area contributed by atoms with Crippen molar-refractivity contribution >= 4 is 28.2 Å². The van der Waals surface area contributed by atoms with Gasteiger partial charge < -0.3 is 20.3 Å². The van der Waals surface area contributed by atoms with Crippen molar-refractivity contribution in [2.24, 2.45) is 11.7 Å². The van der Waals surface area contributed by atoms with Crippen molar-refractivity contribution in [3.8, 4) is 11.3 Å². The van der Waals surface area contributed by atoms with E-state index in [9.17, 15) is 9.59 Å². The fourth-order valence-corrected chi connectivity index (χ4v) is 4.90. The van der Waals surface area contributed by atoms with Crippen molar-refractivity contribution in [2.75, 3.05) is 44.3 Å². The number of hydrogen-bond donors (Lipinski definition) is 1. The number of anilines is 1. The summed E-state index contributed by atoms with van der Waals surface area (Å²) < 4.78 is 5.48. The quantitative estimate of drug-likeness (QED) is 0.848. The van der Waals surface area contributed by atoms with Gasteiger partial charge >= 0.3 is 0 Å². The molecule has 28 heavy (non-hydrogen) atoms. The molecule has 8 heteroatoms. The Hall–Kier alpha value is -2.45. The third-order valence-electron chi connectivity index (χ3n) is 5.35. The standard InChI is InChI=1S/C20H24N4O3S/c21-18(25)14-4-7-23(8-5-14)19(26)17-13-15(16-3-1-2-6-22-16)20(28-17)24-9-11-27-12-10-24/h1-3,6,13-14H,4-5,7-12H2,(H2,21,25). The number of carbonyl (C=O) groups is 2. The van der Waals surface area contributed by atoms with E-state index in [-0.39, 0.29) is 17.7 Å². The van der Waals surface area contributed by atoms with Gasteiger partial charge in [0, 0.05) is 43.9 Å². The number of ether oxygens (including phenoxy) is 1. The van der Waals surface area contributed by atoms with Gasteiger partial charge in [-0.1, -0.05) is 6.07 Å². The van der Waals surface area contributed by atoms with Gasteiger partial charge in [0.05, 0.1) is 23.8 Å². The van der Waals surface area contributed by atoms with Crippen LogP contribution in [0, 0.1) is 5.92 Å². The van der Waals surface area contributed by atoms with Crippen molar-refractivity contribution in [3.05, 3.63) is 35.3 Å². The molecule has 2 aliphatic heterocycles. The summed E-state index contributed by atoms with van der Waals surface area (Å²) in [5.74, 6) is -0.375. The van der Waals surface area contributed by atoms with E-state index in [2.05, 4.69) is 9.88 Å². The molecule has 2 aliphatic rings. The molecule has 0 aromatic carbocycles. The molecule has 0 atom stereocenters. The topological polar surface area (TPSA) is 88.8 Å². The number of amides is 2. The average molecular weight is 401 g/mol. The lowest BCUT2D eigenvalue weighted by atomic mass is 9.96. The van der Waals surface area contributed by atoms with Crippen molar-refractivity contribution in [2.45, 2.75) is 12.8 Å².